The standard InChI is InChI=1S/C17H12N4O2/c22-12-6-4-11(5-7-12)15-9-16(23)21-17(20-15)13(10-19-21)14-3-1-2-8-18-14/h1-10,20,22H. The van der Waals surface area contributed by atoms with Crippen LogP contribution in [0.3, 0.4) is 0 Å². The van der Waals surface area contributed by atoms with Crippen molar-refractivity contribution >= 4 is 5.65 Å². The number of phenols is 1. The molecule has 112 valence electrons. The minimum atomic E-state index is -0.232. The number of phenolic OH excluding ortho intramolecular Hbond substituents is 1. The van der Waals surface area contributed by atoms with Crippen LogP contribution in [0.1, 0.15) is 0 Å². The number of H-pyrrole nitrogens is 1. The van der Waals surface area contributed by atoms with Crippen molar-refractivity contribution in [3.63, 3.8) is 0 Å². The number of hydrogen-bond acceptors (Lipinski definition) is 4. The summed E-state index contributed by atoms with van der Waals surface area (Å²) in [6, 6.07) is 13.7. The molecule has 6 heteroatoms. The smallest absolute Gasteiger partial charge is 0.274 e. The highest BCUT2D eigenvalue weighted by Gasteiger charge is 2.12. The summed E-state index contributed by atoms with van der Waals surface area (Å²) in [5.74, 6) is 0.177. The third-order valence-corrected chi connectivity index (χ3v) is 3.62. The van der Waals surface area contributed by atoms with Gasteiger partial charge in [-0.1, -0.05) is 6.07 Å². The Kier molecular flexibility index (Phi) is 2.94. The molecule has 0 spiro atoms. The number of hydrogen-bond donors (Lipinski definition) is 2. The predicted molar refractivity (Wildman–Crippen MR) is 86.1 cm³/mol. The minimum Gasteiger partial charge on any atom is -0.508 e. The molecule has 0 saturated carbocycles. The second-order valence-corrected chi connectivity index (χ2v) is 5.10. The third-order valence-electron chi connectivity index (χ3n) is 3.62. The highest BCUT2D eigenvalue weighted by molar-refractivity contribution is 5.76. The van der Waals surface area contributed by atoms with Gasteiger partial charge in [0, 0.05) is 12.3 Å². The summed E-state index contributed by atoms with van der Waals surface area (Å²) < 4.78 is 1.31. The fraction of sp³-hybridized carbons (Fsp3) is 0. The highest BCUT2D eigenvalue weighted by Crippen LogP contribution is 2.23. The molecular weight excluding hydrogens is 292 g/mol. The van der Waals surface area contributed by atoms with Crippen molar-refractivity contribution in [3.05, 3.63) is 71.3 Å². The number of nitrogens with zero attached hydrogens (tertiary/aromatic N) is 3. The highest BCUT2D eigenvalue weighted by atomic mass is 16.3. The Labute approximate surface area is 130 Å². The topological polar surface area (TPSA) is 83.3 Å². The normalized spacial score (nSPS) is 11.0. The summed E-state index contributed by atoms with van der Waals surface area (Å²) in [6.07, 6.45) is 3.32. The van der Waals surface area contributed by atoms with Crippen LogP contribution in [0.2, 0.25) is 0 Å². The first-order valence-electron chi connectivity index (χ1n) is 7.04. The average Bonchev–Trinajstić information content (AvgIpc) is 3.01. The van der Waals surface area contributed by atoms with Crippen LogP contribution < -0.4 is 5.56 Å². The summed E-state index contributed by atoms with van der Waals surface area (Å²) in [4.78, 5) is 19.8. The molecule has 0 bridgehead atoms. The van der Waals surface area contributed by atoms with E-state index in [1.807, 2.05) is 18.2 Å². The maximum Gasteiger partial charge on any atom is 0.274 e. The molecule has 0 saturated heterocycles. The number of aromatic nitrogens is 4. The summed E-state index contributed by atoms with van der Waals surface area (Å²) in [6.45, 7) is 0. The van der Waals surface area contributed by atoms with Gasteiger partial charge < -0.3 is 10.1 Å². The SMILES string of the molecule is O=c1cc(-c2ccc(O)cc2)[nH]c2c(-c3ccccn3)cnn12. The molecule has 0 atom stereocenters. The van der Waals surface area contributed by atoms with Crippen LogP contribution in [0.15, 0.2) is 65.7 Å². The third kappa shape index (κ3) is 2.26. The van der Waals surface area contributed by atoms with Gasteiger partial charge in [-0.3, -0.25) is 9.78 Å². The van der Waals surface area contributed by atoms with E-state index >= 15 is 0 Å². The Hall–Kier alpha value is -3.41. The van der Waals surface area contributed by atoms with Gasteiger partial charge in [-0.25, -0.2) is 0 Å². The van der Waals surface area contributed by atoms with Crippen LogP contribution in [0.4, 0.5) is 0 Å². The zero-order valence-corrected chi connectivity index (χ0v) is 12.0. The molecule has 23 heavy (non-hydrogen) atoms. The molecule has 0 aliphatic carbocycles. The molecule has 2 N–H and O–H groups in total. The fourth-order valence-electron chi connectivity index (χ4n) is 2.49. The van der Waals surface area contributed by atoms with E-state index in [0.29, 0.717) is 11.3 Å². The average molecular weight is 304 g/mol. The van der Waals surface area contributed by atoms with Crippen LogP contribution in [0, 0.1) is 0 Å². The lowest BCUT2D eigenvalue weighted by Crippen LogP contribution is -2.14. The van der Waals surface area contributed by atoms with Crippen molar-refractivity contribution in [3.8, 4) is 28.3 Å². The summed E-state index contributed by atoms with van der Waals surface area (Å²) in [5.41, 5.74) is 3.29. The van der Waals surface area contributed by atoms with Crippen molar-refractivity contribution in [2.75, 3.05) is 0 Å². The van der Waals surface area contributed by atoms with Crippen LogP contribution in [0.25, 0.3) is 28.2 Å². The van der Waals surface area contributed by atoms with Crippen molar-refractivity contribution < 1.29 is 5.11 Å². The molecule has 3 heterocycles. The number of fused-ring (bicyclic) bond motifs is 1. The molecule has 0 aliphatic rings. The molecule has 4 aromatic rings. The van der Waals surface area contributed by atoms with Gasteiger partial charge in [0.15, 0.2) is 0 Å². The monoisotopic (exact) mass is 304 g/mol. The molecule has 4 rings (SSSR count). The van der Waals surface area contributed by atoms with Gasteiger partial charge >= 0.3 is 0 Å². The van der Waals surface area contributed by atoms with E-state index in [0.717, 1.165) is 16.8 Å². The Morgan fingerprint density at radius 1 is 1.09 bits per heavy atom. The molecule has 3 aromatic heterocycles. The molecule has 0 fully saturated rings. The summed E-state index contributed by atoms with van der Waals surface area (Å²) in [5, 5.41) is 13.5. The number of pyridine rings is 1. The van der Waals surface area contributed by atoms with Gasteiger partial charge in [0.05, 0.1) is 23.1 Å². The molecule has 0 amide bonds. The zero-order chi connectivity index (χ0) is 15.8. The van der Waals surface area contributed by atoms with E-state index in [1.54, 1.807) is 36.7 Å². The van der Waals surface area contributed by atoms with Gasteiger partial charge in [-0.15, -0.1) is 0 Å². The van der Waals surface area contributed by atoms with Crippen LogP contribution in [-0.4, -0.2) is 24.7 Å². The summed E-state index contributed by atoms with van der Waals surface area (Å²) >= 11 is 0. The van der Waals surface area contributed by atoms with E-state index in [4.69, 9.17) is 0 Å². The Balaban J connectivity index is 1.95. The number of benzene rings is 1. The predicted octanol–water partition coefficient (Wildman–Crippen LogP) is 2.46. The molecule has 0 unspecified atom stereocenters. The van der Waals surface area contributed by atoms with Gasteiger partial charge in [0.25, 0.3) is 5.56 Å². The number of rotatable bonds is 2. The molecular formula is C17H12N4O2. The summed E-state index contributed by atoms with van der Waals surface area (Å²) in [7, 11) is 0. The van der Waals surface area contributed by atoms with Crippen LogP contribution in [-0.2, 0) is 0 Å². The first-order valence-corrected chi connectivity index (χ1v) is 7.04. The lowest BCUT2D eigenvalue weighted by Gasteiger charge is -2.04. The number of aromatic amines is 1. The van der Waals surface area contributed by atoms with Gasteiger partial charge in [0.2, 0.25) is 0 Å². The van der Waals surface area contributed by atoms with E-state index in [9.17, 15) is 9.90 Å². The Morgan fingerprint density at radius 3 is 2.65 bits per heavy atom. The number of nitrogens with one attached hydrogen (secondary N) is 1. The van der Waals surface area contributed by atoms with Crippen molar-refractivity contribution in [2.24, 2.45) is 0 Å². The molecule has 1 aromatic carbocycles. The van der Waals surface area contributed by atoms with E-state index in [2.05, 4.69) is 15.1 Å². The van der Waals surface area contributed by atoms with Crippen molar-refractivity contribution in [1.29, 1.82) is 0 Å². The van der Waals surface area contributed by atoms with Gasteiger partial charge in [0.1, 0.15) is 11.4 Å². The fourth-order valence-corrected chi connectivity index (χ4v) is 2.49. The maximum atomic E-state index is 12.3. The van der Waals surface area contributed by atoms with Crippen LogP contribution >= 0.6 is 0 Å². The van der Waals surface area contributed by atoms with Crippen molar-refractivity contribution in [2.45, 2.75) is 0 Å². The largest absolute Gasteiger partial charge is 0.508 e. The van der Waals surface area contributed by atoms with E-state index in [1.165, 1.54) is 10.6 Å². The maximum absolute atomic E-state index is 12.3. The lowest BCUT2D eigenvalue weighted by atomic mass is 10.1. The zero-order valence-electron chi connectivity index (χ0n) is 12.0. The number of aromatic hydroxyl groups is 1. The molecule has 0 radical (unpaired) electrons. The second kappa shape index (κ2) is 5.10. The molecule has 6 nitrogen and oxygen atoms in total. The Morgan fingerprint density at radius 2 is 1.91 bits per heavy atom. The van der Waals surface area contributed by atoms with E-state index < -0.39 is 0 Å². The van der Waals surface area contributed by atoms with Crippen molar-refractivity contribution in [1.82, 2.24) is 19.6 Å². The van der Waals surface area contributed by atoms with Crippen LogP contribution in [0.5, 0.6) is 5.75 Å². The molecule has 0 aliphatic heterocycles. The minimum absolute atomic E-state index is 0.177. The first kappa shape index (κ1) is 13.3. The van der Waals surface area contributed by atoms with Gasteiger partial charge in [-0.05, 0) is 42.0 Å². The van der Waals surface area contributed by atoms with Gasteiger partial charge in [-0.2, -0.15) is 9.61 Å². The van der Waals surface area contributed by atoms with E-state index in [-0.39, 0.29) is 11.3 Å². The quantitative estimate of drug-likeness (QED) is 0.596. The second-order valence-electron chi connectivity index (χ2n) is 5.10. The lowest BCUT2D eigenvalue weighted by molar-refractivity contribution is 0.475. The Bertz CT molecular complexity index is 1030. The first-order chi connectivity index (χ1) is 11.2.